The van der Waals surface area contributed by atoms with Crippen molar-refractivity contribution < 1.29 is 22.3 Å². The zero-order valence-corrected chi connectivity index (χ0v) is 10.3. The summed E-state index contributed by atoms with van der Waals surface area (Å²) in [6.07, 6.45) is 1.19. The van der Waals surface area contributed by atoms with Gasteiger partial charge in [-0.1, -0.05) is 6.92 Å². The van der Waals surface area contributed by atoms with E-state index in [0.717, 1.165) is 4.67 Å². The summed E-state index contributed by atoms with van der Waals surface area (Å²) in [5.41, 5.74) is 5.20. The second-order valence-electron chi connectivity index (χ2n) is 3.67. The smallest absolute Gasteiger partial charge is 0.317 e. The van der Waals surface area contributed by atoms with Crippen LogP contribution in [0.4, 0.5) is 0 Å². The lowest BCUT2D eigenvalue weighted by Crippen LogP contribution is -2.44. The molecule has 0 aliphatic carbocycles. The van der Waals surface area contributed by atoms with Crippen LogP contribution < -0.4 is 10.00 Å². The summed E-state index contributed by atoms with van der Waals surface area (Å²) in [5.74, 6) is -0.880. The molecule has 3 N–H and O–H groups in total. The van der Waals surface area contributed by atoms with Crippen LogP contribution >= 0.6 is 7.59 Å². The highest BCUT2D eigenvalue weighted by atomic mass is 32.2. The molecule has 0 bridgehead atoms. The molecule has 1 aliphatic heterocycles. The van der Waals surface area contributed by atoms with Crippen LogP contribution in [0.2, 0.25) is 0 Å². The molecule has 16 heavy (non-hydrogen) atoms. The number of amides is 1. The average Bonchev–Trinajstić information content (AvgIpc) is 2.05. The van der Waals surface area contributed by atoms with E-state index in [4.69, 9.17) is 5.50 Å². The number of nitrogens with two attached hydrogens (primary N) is 1. The maximum atomic E-state index is 11.7. The maximum absolute atomic E-state index is 11.7. The van der Waals surface area contributed by atoms with Gasteiger partial charge in [-0.25, -0.2) is 8.42 Å². The molecule has 0 spiro atoms. The van der Waals surface area contributed by atoms with Gasteiger partial charge in [-0.15, -0.1) is 4.49 Å². The monoisotopic (exact) mass is 270 g/mol. The van der Waals surface area contributed by atoms with Gasteiger partial charge in [0.2, 0.25) is 5.91 Å². The molecule has 2 unspecified atom stereocenters. The summed E-state index contributed by atoms with van der Waals surface area (Å²) in [6.45, 7) is 1.71. The third kappa shape index (κ3) is 3.26. The van der Waals surface area contributed by atoms with Crippen molar-refractivity contribution in [3.63, 3.8) is 0 Å². The van der Waals surface area contributed by atoms with Gasteiger partial charge >= 0.3 is 7.59 Å². The van der Waals surface area contributed by atoms with E-state index in [1.165, 1.54) is 4.49 Å². The summed E-state index contributed by atoms with van der Waals surface area (Å²) >= 11 is 0. The molecule has 0 aromatic heterocycles. The van der Waals surface area contributed by atoms with Crippen molar-refractivity contribution in [2.45, 2.75) is 19.8 Å². The number of carbonyl (C=O) groups is 1. The van der Waals surface area contributed by atoms with Crippen LogP contribution in [0.25, 0.3) is 0 Å². The van der Waals surface area contributed by atoms with E-state index in [1.807, 2.05) is 0 Å². The first-order valence-corrected chi connectivity index (χ1v) is 7.72. The summed E-state index contributed by atoms with van der Waals surface area (Å²) < 4.78 is 45.0. The van der Waals surface area contributed by atoms with Gasteiger partial charge in [0.25, 0.3) is 0 Å². The minimum Gasteiger partial charge on any atom is -0.735 e. The molecule has 1 aliphatic rings. The van der Waals surface area contributed by atoms with Crippen LogP contribution in [0.1, 0.15) is 19.8 Å². The second kappa shape index (κ2) is 4.42. The van der Waals surface area contributed by atoms with Crippen molar-refractivity contribution in [3.05, 3.63) is 0 Å². The zero-order valence-electron chi connectivity index (χ0n) is 8.62. The van der Waals surface area contributed by atoms with Crippen LogP contribution in [-0.2, 0) is 19.7 Å². The normalized spacial score (nSPS) is 26.6. The first-order valence-electron chi connectivity index (χ1n) is 4.59. The molecule has 1 amide bonds. The van der Waals surface area contributed by atoms with Crippen molar-refractivity contribution >= 4 is 23.8 Å². The largest absolute Gasteiger partial charge is 0.735 e. The number of hydrogen-bond acceptors (Lipinski definition) is 5. The van der Waals surface area contributed by atoms with E-state index in [-0.39, 0.29) is 12.5 Å². The quantitative estimate of drug-likeness (QED) is 0.517. The highest BCUT2D eigenvalue weighted by Crippen LogP contribution is 2.41. The number of piperidine rings is 1. The molecular weight excluding hydrogens is 257 g/mol. The minimum absolute atomic E-state index is 0.0828. The fourth-order valence-corrected chi connectivity index (χ4v) is 4.14. The Kier molecular flexibility index (Phi) is 3.76. The Labute approximate surface area is 93.6 Å². The van der Waals surface area contributed by atoms with Gasteiger partial charge in [0.05, 0.1) is 0 Å². The summed E-state index contributed by atoms with van der Waals surface area (Å²) in [5, 5.41) is 0. The molecule has 0 aromatic rings. The van der Waals surface area contributed by atoms with Gasteiger partial charge in [-0.05, 0) is 12.8 Å². The molecule has 1 heterocycles. The Morgan fingerprint density at radius 2 is 2.19 bits per heavy atom. The first-order chi connectivity index (χ1) is 7.13. The molecule has 0 radical (unpaired) electrons. The summed E-state index contributed by atoms with van der Waals surface area (Å²) in [7, 11) is -9.10. The average molecular weight is 270 g/mol. The van der Waals surface area contributed by atoms with Crippen molar-refractivity contribution in [1.29, 1.82) is 0 Å². The Balaban J connectivity index is 2.91. The lowest BCUT2D eigenvalue weighted by Gasteiger charge is -2.34. The molecular formula is C6H13N3O5PS-. The molecule has 2 atom stereocenters. The Morgan fingerprint density at radius 3 is 2.69 bits per heavy atom. The van der Waals surface area contributed by atoms with Crippen molar-refractivity contribution in [3.8, 4) is 0 Å². The minimum atomic E-state index is -4.95. The third-order valence-corrected chi connectivity index (χ3v) is 5.34. The third-order valence-electron chi connectivity index (χ3n) is 2.28. The fraction of sp³-hybridized carbons (Fsp3) is 0.833. The zero-order chi connectivity index (χ0) is 12.6. The van der Waals surface area contributed by atoms with Crippen molar-refractivity contribution in [1.82, 2.24) is 9.16 Å². The molecule has 0 saturated carbocycles. The van der Waals surface area contributed by atoms with Gasteiger partial charge in [0.15, 0.2) is 10.3 Å². The SMILES string of the molecule is CC1CCCN(P(N)(=O)NS(=O)(=O)[O-])C1=O. The number of nitrogens with zero attached hydrogens (tertiary/aromatic N) is 1. The molecule has 10 heteroatoms. The molecule has 0 aromatic carbocycles. The van der Waals surface area contributed by atoms with Crippen LogP contribution in [0, 0.1) is 5.92 Å². The number of hydrogen-bond donors (Lipinski definition) is 2. The predicted molar refractivity (Wildman–Crippen MR) is 54.7 cm³/mol. The van der Waals surface area contributed by atoms with Gasteiger partial charge in [0, 0.05) is 12.5 Å². The Morgan fingerprint density at radius 1 is 1.62 bits per heavy atom. The van der Waals surface area contributed by atoms with Crippen LogP contribution in [0.3, 0.4) is 0 Å². The molecule has 1 rings (SSSR count). The van der Waals surface area contributed by atoms with Crippen molar-refractivity contribution in [2.24, 2.45) is 11.4 Å². The van der Waals surface area contributed by atoms with Crippen molar-refractivity contribution in [2.75, 3.05) is 6.54 Å². The Bertz CT molecular complexity index is 435. The Hall–Kier alpha value is -0.470. The molecule has 8 nitrogen and oxygen atoms in total. The van der Waals surface area contributed by atoms with Gasteiger partial charge in [-0.3, -0.25) is 19.5 Å². The maximum Gasteiger partial charge on any atom is 0.317 e. The molecule has 1 saturated heterocycles. The van der Waals surface area contributed by atoms with Crippen LogP contribution in [0.5, 0.6) is 0 Å². The molecule has 1 fully saturated rings. The highest BCUT2D eigenvalue weighted by Gasteiger charge is 2.36. The van der Waals surface area contributed by atoms with E-state index < -0.39 is 23.8 Å². The summed E-state index contributed by atoms with van der Waals surface area (Å²) in [6, 6.07) is 0. The fourth-order valence-electron chi connectivity index (χ4n) is 1.54. The van der Waals surface area contributed by atoms with E-state index in [2.05, 4.69) is 0 Å². The van der Waals surface area contributed by atoms with Crippen LogP contribution in [-0.4, -0.2) is 30.1 Å². The highest BCUT2D eigenvalue weighted by molar-refractivity contribution is 7.90. The van der Waals surface area contributed by atoms with E-state index in [9.17, 15) is 22.3 Å². The second-order valence-corrected chi connectivity index (χ2v) is 7.04. The number of nitrogens with one attached hydrogen (secondary N) is 1. The number of carbonyl (C=O) groups excluding carboxylic acids is 1. The number of rotatable bonds is 3. The van der Waals surface area contributed by atoms with E-state index >= 15 is 0 Å². The predicted octanol–water partition coefficient (Wildman–Crippen LogP) is -0.638. The summed E-state index contributed by atoms with van der Waals surface area (Å²) in [4.78, 5) is 11.6. The van der Waals surface area contributed by atoms with E-state index in [1.54, 1.807) is 6.92 Å². The first kappa shape index (κ1) is 13.6. The lowest BCUT2D eigenvalue weighted by molar-refractivity contribution is -0.132. The molecule has 94 valence electrons. The lowest BCUT2D eigenvalue weighted by atomic mass is 10.0. The van der Waals surface area contributed by atoms with Gasteiger partial charge < -0.3 is 4.55 Å². The van der Waals surface area contributed by atoms with Gasteiger partial charge in [-0.2, -0.15) is 0 Å². The standard InChI is InChI=1S/C6H14N3O5PS/c1-5-3-2-4-9(6(5)10)15(7,11)8-16(12,13)14/h5H,2-4H2,1H3,(H3,7,8,11)(H,12,13,14)/p-1. The van der Waals surface area contributed by atoms with Crippen LogP contribution in [0.15, 0.2) is 0 Å². The topological polar surface area (TPSA) is 133 Å². The van der Waals surface area contributed by atoms with E-state index in [0.29, 0.717) is 12.8 Å². The van der Waals surface area contributed by atoms with Gasteiger partial charge in [0.1, 0.15) is 0 Å².